The van der Waals surface area contributed by atoms with Crippen LogP contribution in [0.2, 0.25) is 0 Å². The first kappa shape index (κ1) is 18.4. The summed E-state index contributed by atoms with van der Waals surface area (Å²) in [6.45, 7) is 3.18. The number of piperazine rings is 1. The van der Waals surface area contributed by atoms with Crippen LogP contribution in [0.3, 0.4) is 0 Å². The Balaban J connectivity index is 1.31. The maximum Gasteiger partial charge on any atom is 0.233 e. The summed E-state index contributed by atoms with van der Waals surface area (Å²) in [4.78, 5) is 21.4. The zero-order valence-electron chi connectivity index (χ0n) is 15.6. The van der Waals surface area contributed by atoms with Crippen LogP contribution in [-0.2, 0) is 4.79 Å². The molecule has 28 heavy (non-hydrogen) atoms. The van der Waals surface area contributed by atoms with E-state index in [9.17, 15) is 4.79 Å². The van der Waals surface area contributed by atoms with E-state index in [2.05, 4.69) is 22.0 Å². The molecule has 0 bridgehead atoms. The van der Waals surface area contributed by atoms with Gasteiger partial charge in [-0.3, -0.25) is 4.79 Å². The van der Waals surface area contributed by atoms with Crippen molar-refractivity contribution in [1.29, 1.82) is 0 Å². The number of benzene rings is 2. The molecule has 1 aliphatic rings. The van der Waals surface area contributed by atoms with E-state index in [1.54, 1.807) is 6.20 Å². The van der Waals surface area contributed by atoms with E-state index in [1.165, 1.54) is 22.1 Å². The van der Waals surface area contributed by atoms with E-state index in [0.717, 1.165) is 37.4 Å². The Morgan fingerprint density at radius 3 is 2.29 bits per heavy atom. The van der Waals surface area contributed by atoms with Gasteiger partial charge < -0.3 is 15.6 Å². The number of nitrogens with two attached hydrogens (primary N) is 1. The smallest absolute Gasteiger partial charge is 0.233 e. The van der Waals surface area contributed by atoms with Crippen molar-refractivity contribution in [3.63, 3.8) is 0 Å². The average Bonchev–Trinajstić information content (AvgIpc) is 3.14. The Morgan fingerprint density at radius 2 is 1.61 bits per heavy atom. The molecular formula is C21H23N5OS. The molecule has 1 aromatic heterocycles. The van der Waals surface area contributed by atoms with Crippen molar-refractivity contribution in [1.82, 2.24) is 14.6 Å². The van der Waals surface area contributed by atoms with E-state index in [-0.39, 0.29) is 5.91 Å². The Labute approximate surface area is 168 Å². The van der Waals surface area contributed by atoms with Crippen molar-refractivity contribution in [2.45, 2.75) is 5.16 Å². The van der Waals surface area contributed by atoms with Crippen molar-refractivity contribution in [3.05, 3.63) is 66.9 Å². The zero-order chi connectivity index (χ0) is 19.3. The molecule has 1 saturated heterocycles. The number of aromatic nitrogens is 2. The molecule has 0 atom stereocenters. The van der Waals surface area contributed by atoms with Gasteiger partial charge in [-0.05, 0) is 12.1 Å². The van der Waals surface area contributed by atoms with Gasteiger partial charge in [0, 0.05) is 37.4 Å². The number of imidazole rings is 1. The normalized spacial score (nSPS) is 14.3. The molecule has 144 valence electrons. The highest BCUT2D eigenvalue weighted by molar-refractivity contribution is 7.99. The molecule has 0 unspecified atom stereocenters. The summed E-state index contributed by atoms with van der Waals surface area (Å²) < 4.78 is 1.49. The number of nitrogen functional groups attached to an aromatic ring is 1. The van der Waals surface area contributed by atoms with Crippen LogP contribution in [0.4, 0.5) is 5.69 Å². The number of anilines is 1. The molecule has 1 amide bonds. The Bertz CT molecular complexity index is 920. The highest BCUT2D eigenvalue weighted by Gasteiger charge is 2.22. The fourth-order valence-corrected chi connectivity index (χ4v) is 4.10. The molecule has 4 rings (SSSR count). The maximum absolute atomic E-state index is 12.6. The second-order valence-electron chi connectivity index (χ2n) is 6.67. The minimum absolute atomic E-state index is 0.127. The Kier molecular flexibility index (Phi) is 5.53. The van der Waals surface area contributed by atoms with Gasteiger partial charge >= 0.3 is 0 Å². The summed E-state index contributed by atoms with van der Waals surface area (Å²) in [6, 6.07) is 20.2. The van der Waals surface area contributed by atoms with Crippen LogP contribution < -0.4 is 10.7 Å². The highest BCUT2D eigenvalue weighted by Crippen LogP contribution is 2.23. The maximum atomic E-state index is 12.6. The van der Waals surface area contributed by atoms with Crippen molar-refractivity contribution in [2.24, 2.45) is 0 Å². The predicted molar refractivity (Wildman–Crippen MR) is 114 cm³/mol. The molecule has 2 aromatic carbocycles. The van der Waals surface area contributed by atoms with Crippen LogP contribution in [0.5, 0.6) is 0 Å². The quantitative estimate of drug-likeness (QED) is 0.533. The SMILES string of the molecule is Nn1cc(-c2ccccc2)nc1SCC(=O)N1CCN(c2ccccc2)CC1. The van der Waals surface area contributed by atoms with Crippen LogP contribution in [0.25, 0.3) is 11.3 Å². The molecule has 2 heterocycles. The van der Waals surface area contributed by atoms with Gasteiger partial charge in [0.25, 0.3) is 0 Å². The van der Waals surface area contributed by atoms with E-state index in [1.807, 2.05) is 53.4 Å². The fraction of sp³-hybridized carbons (Fsp3) is 0.238. The third kappa shape index (κ3) is 4.14. The second-order valence-corrected chi connectivity index (χ2v) is 7.62. The number of hydrogen-bond acceptors (Lipinski definition) is 5. The summed E-state index contributed by atoms with van der Waals surface area (Å²) in [5.41, 5.74) is 3.04. The number of rotatable bonds is 5. The summed E-state index contributed by atoms with van der Waals surface area (Å²) >= 11 is 1.38. The lowest BCUT2D eigenvalue weighted by molar-refractivity contribution is -0.128. The van der Waals surface area contributed by atoms with E-state index in [4.69, 9.17) is 5.84 Å². The van der Waals surface area contributed by atoms with Gasteiger partial charge in [-0.15, -0.1) is 0 Å². The van der Waals surface area contributed by atoms with Crippen molar-refractivity contribution in [2.75, 3.05) is 42.7 Å². The van der Waals surface area contributed by atoms with E-state index >= 15 is 0 Å². The molecule has 0 aliphatic carbocycles. The minimum atomic E-state index is 0.127. The first-order valence-corrected chi connectivity index (χ1v) is 10.3. The topological polar surface area (TPSA) is 67.4 Å². The molecule has 1 fully saturated rings. The molecule has 6 nitrogen and oxygen atoms in total. The van der Waals surface area contributed by atoms with Gasteiger partial charge in [0.15, 0.2) is 5.16 Å². The number of amides is 1. The lowest BCUT2D eigenvalue weighted by atomic mass is 10.2. The molecule has 7 heteroatoms. The van der Waals surface area contributed by atoms with Crippen molar-refractivity contribution >= 4 is 23.4 Å². The molecule has 1 aliphatic heterocycles. The number of hydrogen-bond donors (Lipinski definition) is 1. The molecule has 0 spiro atoms. The first-order valence-electron chi connectivity index (χ1n) is 9.31. The lowest BCUT2D eigenvalue weighted by Crippen LogP contribution is -2.49. The van der Waals surface area contributed by atoms with Crippen molar-refractivity contribution < 1.29 is 4.79 Å². The van der Waals surface area contributed by atoms with Gasteiger partial charge in [-0.25, -0.2) is 9.66 Å². The van der Waals surface area contributed by atoms with Gasteiger partial charge in [-0.1, -0.05) is 60.3 Å². The average molecular weight is 394 g/mol. The molecule has 3 aromatic rings. The Morgan fingerprint density at radius 1 is 0.964 bits per heavy atom. The third-order valence-electron chi connectivity index (χ3n) is 4.85. The van der Waals surface area contributed by atoms with E-state index < -0.39 is 0 Å². The van der Waals surface area contributed by atoms with Gasteiger partial charge in [0.2, 0.25) is 5.91 Å². The van der Waals surface area contributed by atoms with Crippen LogP contribution in [-0.4, -0.2) is 52.4 Å². The fourth-order valence-electron chi connectivity index (χ4n) is 3.30. The number of para-hydroxylation sites is 1. The van der Waals surface area contributed by atoms with Gasteiger partial charge in [0.1, 0.15) is 0 Å². The number of carbonyl (C=O) groups excluding carboxylic acids is 1. The van der Waals surface area contributed by atoms with Crippen LogP contribution in [0.15, 0.2) is 72.0 Å². The predicted octanol–water partition coefficient (Wildman–Crippen LogP) is 2.70. The van der Waals surface area contributed by atoms with E-state index in [0.29, 0.717) is 10.9 Å². The van der Waals surface area contributed by atoms with Gasteiger partial charge in [-0.2, -0.15) is 0 Å². The zero-order valence-corrected chi connectivity index (χ0v) is 16.4. The molecule has 0 radical (unpaired) electrons. The standard InChI is InChI=1S/C21H23N5OS/c22-26-15-19(17-7-3-1-4-8-17)23-21(26)28-16-20(27)25-13-11-24(12-14-25)18-9-5-2-6-10-18/h1-10,15H,11-14,16,22H2. The van der Waals surface area contributed by atoms with Crippen molar-refractivity contribution in [3.8, 4) is 11.3 Å². The number of nitrogens with zero attached hydrogens (tertiary/aromatic N) is 4. The minimum Gasteiger partial charge on any atom is -0.368 e. The molecular weight excluding hydrogens is 370 g/mol. The summed E-state index contributed by atoms with van der Waals surface area (Å²) in [7, 11) is 0. The number of thioether (sulfide) groups is 1. The monoisotopic (exact) mass is 393 g/mol. The van der Waals surface area contributed by atoms with Gasteiger partial charge in [0.05, 0.1) is 17.6 Å². The number of carbonyl (C=O) groups is 1. The summed E-state index contributed by atoms with van der Waals surface area (Å²) in [5.74, 6) is 6.50. The first-order chi connectivity index (χ1) is 13.7. The molecule has 2 N–H and O–H groups in total. The Hall–Kier alpha value is -2.93. The van der Waals surface area contributed by atoms with Crippen LogP contribution in [0.1, 0.15) is 0 Å². The second kappa shape index (κ2) is 8.39. The van der Waals surface area contributed by atoms with Crippen LogP contribution in [0, 0.1) is 0 Å². The lowest BCUT2D eigenvalue weighted by Gasteiger charge is -2.36. The summed E-state index contributed by atoms with van der Waals surface area (Å²) in [5, 5.41) is 0.648. The largest absolute Gasteiger partial charge is 0.368 e. The third-order valence-corrected chi connectivity index (χ3v) is 5.80. The molecule has 0 saturated carbocycles. The highest BCUT2D eigenvalue weighted by atomic mass is 32.2. The van der Waals surface area contributed by atoms with Crippen LogP contribution >= 0.6 is 11.8 Å². The summed E-state index contributed by atoms with van der Waals surface area (Å²) in [6.07, 6.45) is 1.79.